The summed E-state index contributed by atoms with van der Waals surface area (Å²) in [6.45, 7) is 2.49. The van der Waals surface area contributed by atoms with Crippen molar-refractivity contribution in [1.82, 2.24) is 5.32 Å². The van der Waals surface area contributed by atoms with Gasteiger partial charge in [0.05, 0.1) is 25.3 Å². The summed E-state index contributed by atoms with van der Waals surface area (Å²) >= 11 is 6.12. The van der Waals surface area contributed by atoms with Crippen LogP contribution in [0.15, 0.2) is 42.5 Å². The number of halogens is 1. The second-order valence-corrected chi connectivity index (χ2v) is 6.72. The molecular weight excluding hydrogens is 352 g/mol. The maximum Gasteiger partial charge on any atom is 0.251 e. The van der Waals surface area contributed by atoms with Gasteiger partial charge in [0, 0.05) is 5.02 Å². The Morgan fingerprint density at radius 1 is 1.19 bits per heavy atom. The monoisotopic (exact) mass is 372 g/mol. The van der Waals surface area contributed by atoms with Crippen LogP contribution in [-0.4, -0.2) is 31.5 Å². The molecule has 5 nitrogen and oxygen atoms in total. The Morgan fingerprint density at radius 3 is 2.58 bits per heavy atom. The molecule has 1 fully saturated rings. The van der Waals surface area contributed by atoms with Gasteiger partial charge in [0.1, 0.15) is 5.75 Å². The first kappa shape index (κ1) is 18.4. The summed E-state index contributed by atoms with van der Waals surface area (Å²) < 4.78 is 5.14. The van der Waals surface area contributed by atoms with Crippen molar-refractivity contribution in [3.05, 3.63) is 58.6 Å². The summed E-state index contributed by atoms with van der Waals surface area (Å²) in [4.78, 5) is 26.1. The zero-order valence-electron chi connectivity index (χ0n) is 14.8. The third-order valence-corrected chi connectivity index (χ3v) is 4.93. The number of ether oxygens (including phenoxy) is 1. The van der Waals surface area contributed by atoms with Crippen molar-refractivity contribution >= 4 is 29.1 Å². The molecule has 1 aliphatic rings. The minimum atomic E-state index is -0.499. The van der Waals surface area contributed by atoms with Gasteiger partial charge < -0.3 is 10.1 Å². The fourth-order valence-electron chi connectivity index (χ4n) is 2.97. The van der Waals surface area contributed by atoms with Gasteiger partial charge in [-0.15, -0.1) is 0 Å². The maximum atomic E-state index is 12.6. The normalized spacial score (nSPS) is 17.0. The number of aryl methyl sites for hydroxylation is 1. The van der Waals surface area contributed by atoms with E-state index in [1.54, 1.807) is 19.2 Å². The van der Waals surface area contributed by atoms with Crippen LogP contribution in [0.2, 0.25) is 5.02 Å². The van der Waals surface area contributed by atoms with Gasteiger partial charge >= 0.3 is 0 Å². The van der Waals surface area contributed by atoms with Crippen molar-refractivity contribution in [1.29, 1.82) is 0 Å². The van der Waals surface area contributed by atoms with Crippen LogP contribution in [0.1, 0.15) is 17.5 Å². The zero-order valence-corrected chi connectivity index (χ0v) is 15.5. The minimum Gasteiger partial charge on any atom is -0.497 e. The van der Waals surface area contributed by atoms with E-state index < -0.39 is 6.04 Å². The van der Waals surface area contributed by atoms with Gasteiger partial charge in [-0.1, -0.05) is 29.8 Å². The second kappa shape index (κ2) is 7.89. The lowest BCUT2D eigenvalue weighted by atomic mass is 10.1. The van der Waals surface area contributed by atoms with E-state index in [1.807, 2.05) is 37.3 Å². The number of imide groups is 1. The Hall–Kier alpha value is -2.37. The smallest absolute Gasteiger partial charge is 0.251 e. The van der Waals surface area contributed by atoms with Crippen LogP contribution in [0, 0.1) is 6.92 Å². The van der Waals surface area contributed by atoms with Gasteiger partial charge in [0.15, 0.2) is 0 Å². The van der Waals surface area contributed by atoms with E-state index >= 15 is 0 Å². The number of carbonyl (C=O) groups excluding carboxylic acids is 2. The average Bonchev–Trinajstić information content (AvgIpc) is 2.92. The Bertz CT molecular complexity index is 820. The zero-order chi connectivity index (χ0) is 18.7. The van der Waals surface area contributed by atoms with Crippen molar-refractivity contribution in [2.24, 2.45) is 0 Å². The van der Waals surface area contributed by atoms with Crippen LogP contribution in [0.3, 0.4) is 0 Å². The van der Waals surface area contributed by atoms with Crippen LogP contribution in [0.5, 0.6) is 5.75 Å². The van der Waals surface area contributed by atoms with Crippen LogP contribution < -0.4 is 15.0 Å². The second-order valence-electron chi connectivity index (χ2n) is 6.31. The molecule has 0 aromatic heterocycles. The lowest BCUT2D eigenvalue weighted by Gasteiger charge is -2.16. The van der Waals surface area contributed by atoms with Gasteiger partial charge in [-0.25, -0.2) is 4.90 Å². The molecule has 1 saturated heterocycles. The van der Waals surface area contributed by atoms with Crippen molar-refractivity contribution in [3.8, 4) is 5.75 Å². The van der Waals surface area contributed by atoms with E-state index in [9.17, 15) is 9.59 Å². The predicted molar refractivity (Wildman–Crippen MR) is 102 cm³/mol. The SMILES string of the molecule is COc1ccc(CCN[C@@H]2CC(=O)N(c3ccc(C)c(Cl)c3)C2=O)cc1. The number of carbonyl (C=O) groups is 2. The molecule has 0 radical (unpaired) electrons. The van der Waals surface area contributed by atoms with Gasteiger partial charge in [-0.2, -0.15) is 0 Å². The molecule has 136 valence electrons. The topological polar surface area (TPSA) is 58.6 Å². The highest BCUT2D eigenvalue weighted by molar-refractivity contribution is 6.32. The van der Waals surface area contributed by atoms with E-state index in [2.05, 4.69) is 5.32 Å². The number of amides is 2. The maximum absolute atomic E-state index is 12.6. The molecule has 1 heterocycles. The number of anilines is 1. The van der Waals surface area contributed by atoms with Gasteiger partial charge in [-0.05, 0) is 55.3 Å². The quantitative estimate of drug-likeness (QED) is 0.791. The first-order valence-corrected chi connectivity index (χ1v) is 8.86. The Balaban J connectivity index is 1.60. The molecule has 0 saturated carbocycles. The Kier molecular flexibility index (Phi) is 5.59. The summed E-state index contributed by atoms with van der Waals surface area (Å²) in [6, 6.07) is 12.5. The van der Waals surface area contributed by atoms with E-state index in [0.717, 1.165) is 23.3 Å². The first-order chi connectivity index (χ1) is 12.5. The highest BCUT2D eigenvalue weighted by Gasteiger charge is 2.39. The van der Waals surface area contributed by atoms with E-state index in [4.69, 9.17) is 16.3 Å². The molecule has 1 N–H and O–H groups in total. The lowest BCUT2D eigenvalue weighted by molar-refractivity contribution is -0.121. The van der Waals surface area contributed by atoms with Crippen molar-refractivity contribution in [2.75, 3.05) is 18.6 Å². The fraction of sp³-hybridized carbons (Fsp3) is 0.300. The number of hydrogen-bond donors (Lipinski definition) is 1. The molecule has 1 atom stereocenters. The molecule has 1 aliphatic heterocycles. The molecule has 3 rings (SSSR count). The Labute approximate surface area is 157 Å². The highest BCUT2D eigenvalue weighted by Crippen LogP contribution is 2.27. The van der Waals surface area contributed by atoms with E-state index in [1.165, 1.54) is 4.90 Å². The first-order valence-electron chi connectivity index (χ1n) is 8.49. The highest BCUT2D eigenvalue weighted by atomic mass is 35.5. The molecule has 2 aromatic rings. The molecule has 0 unspecified atom stereocenters. The molecule has 2 aromatic carbocycles. The van der Waals surface area contributed by atoms with E-state index in [0.29, 0.717) is 17.3 Å². The lowest BCUT2D eigenvalue weighted by Crippen LogP contribution is -2.39. The summed E-state index contributed by atoms with van der Waals surface area (Å²) in [5, 5.41) is 3.73. The fourth-order valence-corrected chi connectivity index (χ4v) is 3.14. The molecule has 0 spiro atoms. The van der Waals surface area contributed by atoms with Crippen LogP contribution >= 0.6 is 11.6 Å². The van der Waals surface area contributed by atoms with Crippen molar-refractivity contribution < 1.29 is 14.3 Å². The van der Waals surface area contributed by atoms with E-state index in [-0.39, 0.29) is 18.2 Å². The standard InChI is InChI=1S/C20H21ClN2O3/c1-13-3-6-15(11-17(13)21)23-19(24)12-18(20(23)25)22-10-9-14-4-7-16(26-2)8-5-14/h3-8,11,18,22H,9-10,12H2,1-2H3/t18-/m1/s1. The summed E-state index contributed by atoms with van der Waals surface area (Å²) in [7, 11) is 1.63. The van der Waals surface area contributed by atoms with Crippen molar-refractivity contribution in [2.45, 2.75) is 25.8 Å². The molecule has 2 amide bonds. The van der Waals surface area contributed by atoms with Gasteiger partial charge in [0.2, 0.25) is 5.91 Å². The molecule has 26 heavy (non-hydrogen) atoms. The molecule has 0 aliphatic carbocycles. The molecular formula is C20H21ClN2O3. The van der Waals surface area contributed by atoms with Crippen LogP contribution in [-0.2, 0) is 16.0 Å². The number of benzene rings is 2. The number of rotatable bonds is 6. The molecule has 0 bridgehead atoms. The van der Waals surface area contributed by atoms with Crippen molar-refractivity contribution in [3.63, 3.8) is 0 Å². The van der Waals surface area contributed by atoms with Gasteiger partial charge in [0.25, 0.3) is 5.91 Å². The summed E-state index contributed by atoms with van der Waals surface area (Å²) in [5.41, 5.74) is 2.57. The average molecular weight is 373 g/mol. The third kappa shape index (κ3) is 3.89. The number of nitrogens with zero attached hydrogens (tertiary/aromatic N) is 1. The number of methoxy groups -OCH3 is 1. The minimum absolute atomic E-state index is 0.160. The third-order valence-electron chi connectivity index (χ3n) is 4.52. The summed E-state index contributed by atoms with van der Waals surface area (Å²) in [6.07, 6.45) is 0.922. The molecule has 6 heteroatoms. The summed E-state index contributed by atoms with van der Waals surface area (Å²) in [5.74, 6) is 0.368. The predicted octanol–water partition coefficient (Wildman–Crippen LogP) is 3.12. The number of nitrogens with one attached hydrogen (secondary N) is 1. The Morgan fingerprint density at radius 2 is 1.92 bits per heavy atom. The van der Waals surface area contributed by atoms with Crippen LogP contribution in [0.25, 0.3) is 0 Å². The van der Waals surface area contributed by atoms with Crippen LogP contribution in [0.4, 0.5) is 5.69 Å². The largest absolute Gasteiger partial charge is 0.497 e. The number of hydrogen-bond acceptors (Lipinski definition) is 4. The van der Waals surface area contributed by atoms with Gasteiger partial charge in [-0.3, -0.25) is 9.59 Å².